The summed E-state index contributed by atoms with van der Waals surface area (Å²) in [6.07, 6.45) is 7.68. The van der Waals surface area contributed by atoms with Crippen LogP contribution in [-0.4, -0.2) is 6.04 Å². The molecule has 0 aliphatic heterocycles. The molecule has 1 aliphatic rings. The number of hydrogen-bond donors (Lipinski definition) is 0. The molecule has 0 bridgehead atoms. The molecule has 0 aromatic heterocycles. The summed E-state index contributed by atoms with van der Waals surface area (Å²) < 4.78 is 0. The lowest BCUT2D eigenvalue weighted by molar-refractivity contribution is 0.304. The molecule has 59 valence electrons. The molecule has 0 saturated heterocycles. The first-order valence-corrected chi connectivity index (χ1v) is 4.54. The normalized spacial score (nSPS) is 34.2. The van der Waals surface area contributed by atoms with Crippen LogP contribution in [0.5, 0.6) is 0 Å². The van der Waals surface area contributed by atoms with Crippen LogP contribution in [0.4, 0.5) is 0 Å². The summed E-state index contributed by atoms with van der Waals surface area (Å²) in [5.74, 6) is 0.964. The van der Waals surface area contributed by atoms with Gasteiger partial charge in [-0.15, -0.1) is 0 Å². The third kappa shape index (κ3) is 2.30. The van der Waals surface area contributed by atoms with Gasteiger partial charge in [-0.05, 0) is 31.6 Å². The van der Waals surface area contributed by atoms with Crippen molar-refractivity contribution in [2.45, 2.75) is 51.5 Å². The second-order valence-electron chi connectivity index (χ2n) is 3.51. The van der Waals surface area contributed by atoms with Crippen molar-refractivity contribution in [3.05, 3.63) is 0 Å². The smallest absolute Gasteiger partial charge is 0.0213 e. The fourth-order valence-electron chi connectivity index (χ4n) is 1.86. The van der Waals surface area contributed by atoms with Crippen molar-refractivity contribution in [2.75, 3.05) is 0 Å². The molecule has 1 radical (unpaired) electrons. The van der Waals surface area contributed by atoms with E-state index in [0.717, 1.165) is 18.8 Å². The van der Waals surface area contributed by atoms with E-state index in [2.05, 4.69) is 6.92 Å². The first-order valence-electron chi connectivity index (χ1n) is 4.54. The van der Waals surface area contributed by atoms with Crippen molar-refractivity contribution in [1.82, 2.24) is 5.73 Å². The molecule has 0 amide bonds. The van der Waals surface area contributed by atoms with E-state index >= 15 is 0 Å². The van der Waals surface area contributed by atoms with Crippen LogP contribution in [0.2, 0.25) is 0 Å². The predicted molar refractivity (Wildman–Crippen MR) is 43.8 cm³/mol. The van der Waals surface area contributed by atoms with Crippen molar-refractivity contribution in [3.8, 4) is 0 Å². The molecule has 0 aromatic carbocycles. The Hall–Kier alpha value is -0.0400. The topological polar surface area (TPSA) is 23.8 Å². The molecule has 0 unspecified atom stereocenters. The van der Waals surface area contributed by atoms with Crippen LogP contribution in [0.25, 0.3) is 0 Å². The van der Waals surface area contributed by atoms with Crippen LogP contribution in [0.3, 0.4) is 0 Å². The standard InChI is InChI=1S/C9H18N/c1-2-3-8-4-6-9(10)7-5-8/h8-10H,2-7H2,1H3/t8-,9+. The van der Waals surface area contributed by atoms with Gasteiger partial charge >= 0.3 is 0 Å². The highest BCUT2D eigenvalue weighted by molar-refractivity contribution is 4.73. The second-order valence-corrected chi connectivity index (χ2v) is 3.51. The molecular weight excluding hydrogens is 122 g/mol. The maximum atomic E-state index is 7.49. The molecular formula is C9H18N. The summed E-state index contributed by atoms with van der Waals surface area (Å²) >= 11 is 0. The van der Waals surface area contributed by atoms with Crippen molar-refractivity contribution in [1.29, 1.82) is 0 Å². The van der Waals surface area contributed by atoms with Crippen LogP contribution in [0.1, 0.15) is 45.4 Å². The Bertz CT molecular complexity index is 82.7. The van der Waals surface area contributed by atoms with Crippen LogP contribution in [0, 0.1) is 5.92 Å². The Labute approximate surface area is 64.0 Å². The SMILES string of the molecule is CCC[C@H]1CC[C@@H]([NH])CC1. The zero-order chi connectivity index (χ0) is 7.40. The maximum Gasteiger partial charge on any atom is 0.0213 e. The Kier molecular flexibility index (Phi) is 3.20. The lowest BCUT2D eigenvalue weighted by Gasteiger charge is -2.24. The van der Waals surface area contributed by atoms with Gasteiger partial charge in [-0.1, -0.05) is 19.8 Å². The van der Waals surface area contributed by atoms with E-state index in [9.17, 15) is 0 Å². The average molecular weight is 140 g/mol. The lowest BCUT2D eigenvalue weighted by atomic mass is 9.84. The summed E-state index contributed by atoms with van der Waals surface area (Å²) in [5, 5.41) is 0. The van der Waals surface area contributed by atoms with Gasteiger partial charge in [0, 0.05) is 6.04 Å². The van der Waals surface area contributed by atoms with Crippen molar-refractivity contribution < 1.29 is 0 Å². The van der Waals surface area contributed by atoms with Crippen LogP contribution >= 0.6 is 0 Å². The fraction of sp³-hybridized carbons (Fsp3) is 1.00. The van der Waals surface area contributed by atoms with E-state index in [1.807, 2.05) is 0 Å². The molecule has 0 spiro atoms. The van der Waals surface area contributed by atoms with E-state index < -0.39 is 0 Å². The zero-order valence-electron chi connectivity index (χ0n) is 6.90. The number of hydrogen-bond acceptors (Lipinski definition) is 0. The largest absolute Gasteiger partial charge is 0.255 e. The zero-order valence-corrected chi connectivity index (χ0v) is 6.90. The van der Waals surface area contributed by atoms with Gasteiger partial charge in [-0.2, -0.15) is 0 Å². The predicted octanol–water partition coefficient (Wildman–Crippen LogP) is 2.63. The van der Waals surface area contributed by atoms with E-state index in [4.69, 9.17) is 5.73 Å². The Morgan fingerprint density at radius 1 is 1.20 bits per heavy atom. The minimum absolute atomic E-state index is 0.271. The fourth-order valence-corrected chi connectivity index (χ4v) is 1.86. The van der Waals surface area contributed by atoms with Gasteiger partial charge in [0.05, 0.1) is 0 Å². The third-order valence-electron chi connectivity index (χ3n) is 2.54. The van der Waals surface area contributed by atoms with Gasteiger partial charge in [0.15, 0.2) is 0 Å². The molecule has 1 aliphatic carbocycles. The molecule has 1 rings (SSSR count). The maximum absolute atomic E-state index is 7.49. The van der Waals surface area contributed by atoms with Gasteiger partial charge in [-0.25, -0.2) is 0 Å². The third-order valence-corrected chi connectivity index (χ3v) is 2.54. The molecule has 1 saturated carbocycles. The van der Waals surface area contributed by atoms with Crippen LogP contribution in [0.15, 0.2) is 0 Å². The van der Waals surface area contributed by atoms with E-state index in [1.54, 1.807) is 0 Å². The Balaban J connectivity index is 2.13. The number of rotatable bonds is 2. The molecule has 0 heterocycles. The first-order chi connectivity index (χ1) is 4.83. The van der Waals surface area contributed by atoms with Crippen molar-refractivity contribution in [3.63, 3.8) is 0 Å². The highest BCUT2D eigenvalue weighted by Crippen LogP contribution is 2.26. The van der Waals surface area contributed by atoms with Crippen molar-refractivity contribution >= 4 is 0 Å². The highest BCUT2D eigenvalue weighted by Gasteiger charge is 2.17. The van der Waals surface area contributed by atoms with Crippen LogP contribution < -0.4 is 5.73 Å². The van der Waals surface area contributed by atoms with E-state index in [-0.39, 0.29) is 6.04 Å². The second kappa shape index (κ2) is 3.97. The monoisotopic (exact) mass is 140 g/mol. The molecule has 10 heavy (non-hydrogen) atoms. The van der Waals surface area contributed by atoms with Crippen molar-refractivity contribution in [2.24, 2.45) is 5.92 Å². The van der Waals surface area contributed by atoms with E-state index in [1.165, 1.54) is 25.7 Å². The summed E-state index contributed by atoms with van der Waals surface area (Å²) in [4.78, 5) is 0. The van der Waals surface area contributed by atoms with Gasteiger partial charge in [0.25, 0.3) is 0 Å². The minimum Gasteiger partial charge on any atom is -0.255 e. The molecule has 1 N–H and O–H groups in total. The van der Waals surface area contributed by atoms with Crippen LogP contribution in [-0.2, 0) is 0 Å². The quantitative estimate of drug-likeness (QED) is 0.563. The highest BCUT2D eigenvalue weighted by atomic mass is 14.6. The summed E-state index contributed by atoms with van der Waals surface area (Å²) in [6.45, 7) is 2.26. The van der Waals surface area contributed by atoms with Gasteiger partial charge < -0.3 is 0 Å². The first kappa shape index (κ1) is 8.06. The molecule has 1 heteroatoms. The average Bonchev–Trinajstić information content (AvgIpc) is 1.95. The summed E-state index contributed by atoms with van der Waals surface area (Å²) in [5.41, 5.74) is 7.49. The summed E-state index contributed by atoms with van der Waals surface area (Å²) in [6, 6.07) is 0.271. The van der Waals surface area contributed by atoms with Gasteiger partial charge in [0.1, 0.15) is 0 Å². The summed E-state index contributed by atoms with van der Waals surface area (Å²) in [7, 11) is 0. The molecule has 1 nitrogen and oxygen atoms in total. The Morgan fingerprint density at radius 2 is 1.80 bits per heavy atom. The minimum atomic E-state index is 0.271. The van der Waals surface area contributed by atoms with E-state index in [0.29, 0.717) is 0 Å². The van der Waals surface area contributed by atoms with Gasteiger partial charge in [-0.3, -0.25) is 5.73 Å². The number of nitrogens with one attached hydrogen (secondary N) is 1. The lowest BCUT2D eigenvalue weighted by Crippen LogP contribution is -2.19. The molecule has 1 fully saturated rings. The van der Waals surface area contributed by atoms with Gasteiger partial charge in [0.2, 0.25) is 0 Å². The Morgan fingerprint density at radius 3 is 2.30 bits per heavy atom. The molecule has 0 aromatic rings. The molecule has 0 atom stereocenters.